The molecule has 2 amide bonds. The van der Waals surface area contributed by atoms with E-state index in [-0.39, 0.29) is 52.9 Å². The Hall–Kier alpha value is -4.84. The van der Waals surface area contributed by atoms with Crippen molar-refractivity contribution in [2.24, 2.45) is 0 Å². The van der Waals surface area contributed by atoms with Crippen LogP contribution in [0.3, 0.4) is 0 Å². The number of hydrogen-bond donors (Lipinski definition) is 3. The van der Waals surface area contributed by atoms with Gasteiger partial charge in [0.15, 0.2) is 17.2 Å². The number of halogens is 4. The summed E-state index contributed by atoms with van der Waals surface area (Å²) >= 11 is 6.35. The summed E-state index contributed by atoms with van der Waals surface area (Å²) in [5.41, 5.74) is -1.11. The van der Waals surface area contributed by atoms with Crippen LogP contribution in [-0.4, -0.2) is 54.8 Å². The third-order valence-corrected chi connectivity index (χ3v) is 5.83. The fourth-order valence-corrected chi connectivity index (χ4v) is 4.11. The molecule has 4 rings (SSSR count). The quantitative estimate of drug-likeness (QED) is 0.243. The lowest BCUT2D eigenvalue weighted by Crippen LogP contribution is -2.37. The molecule has 0 fully saturated rings. The van der Waals surface area contributed by atoms with Gasteiger partial charge in [-0.15, -0.1) is 0 Å². The lowest BCUT2D eigenvalue weighted by Gasteiger charge is -2.19. The van der Waals surface area contributed by atoms with Gasteiger partial charge in [-0.05, 0) is 39.0 Å². The van der Waals surface area contributed by atoms with Gasteiger partial charge in [0.1, 0.15) is 12.1 Å². The number of alkyl halides is 3. The van der Waals surface area contributed by atoms with Crippen LogP contribution in [0, 0.1) is 11.3 Å². The second-order valence-corrected chi connectivity index (χ2v) is 10.3. The summed E-state index contributed by atoms with van der Waals surface area (Å²) in [6, 6.07) is 6.31. The third-order valence-electron chi connectivity index (χ3n) is 5.52. The summed E-state index contributed by atoms with van der Waals surface area (Å²) in [6.07, 6.45) is -0.143. The van der Waals surface area contributed by atoms with Crippen molar-refractivity contribution in [3.63, 3.8) is 0 Å². The number of nitriles is 1. The van der Waals surface area contributed by atoms with Crippen molar-refractivity contribution < 1.29 is 27.5 Å². The molecule has 0 spiro atoms. The zero-order valence-electron chi connectivity index (χ0n) is 22.6. The number of nitrogens with one attached hydrogen (secondary N) is 3. The number of nitrogens with zero attached hydrogens (tertiary/aromatic N) is 6. The molecule has 0 radical (unpaired) electrons. The first-order valence-electron chi connectivity index (χ1n) is 12.4. The van der Waals surface area contributed by atoms with Crippen molar-refractivity contribution in [2.75, 3.05) is 18.4 Å². The van der Waals surface area contributed by atoms with E-state index in [1.165, 1.54) is 35.1 Å². The minimum atomic E-state index is -4.76. The molecular formula is C26H25ClF3N9O3. The molecule has 0 saturated heterocycles. The van der Waals surface area contributed by atoms with Gasteiger partial charge in [-0.25, -0.2) is 14.8 Å². The maximum absolute atomic E-state index is 13.7. The van der Waals surface area contributed by atoms with E-state index in [9.17, 15) is 22.8 Å². The van der Waals surface area contributed by atoms with Crippen molar-refractivity contribution >= 4 is 40.8 Å². The Balaban J connectivity index is 1.48. The second kappa shape index (κ2) is 12.0. The number of rotatable bonds is 8. The van der Waals surface area contributed by atoms with Gasteiger partial charge in [-0.1, -0.05) is 11.6 Å². The number of amides is 2. The van der Waals surface area contributed by atoms with Gasteiger partial charge in [0.2, 0.25) is 0 Å². The van der Waals surface area contributed by atoms with E-state index in [1.54, 1.807) is 32.9 Å². The number of alkyl carbamates (subject to hydrolysis) is 1. The molecule has 42 heavy (non-hydrogen) atoms. The number of imidazole rings is 1. The predicted octanol–water partition coefficient (Wildman–Crippen LogP) is 4.79. The van der Waals surface area contributed by atoms with Gasteiger partial charge in [-0.3, -0.25) is 13.9 Å². The van der Waals surface area contributed by atoms with Crippen molar-refractivity contribution in [3.05, 3.63) is 59.3 Å². The Bertz CT molecular complexity index is 1670. The van der Waals surface area contributed by atoms with Crippen molar-refractivity contribution in [2.45, 2.75) is 39.1 Å². The zero-order valence-corrected chi connectivity index (χ0v) is 23.3. The molecule has 1 aromatic carbocycles. The summed E-state index contributed by atoms with van der Waals surface area (Å²) in [6.45, 7) is 5.13. The van der Waals surface area contributed by atoms with Crippen molar-refractivity contribution in [1.29, 1.82) is 5.26 Å². The van der Waals surface area contributed by atoms with Crippen LogP contribution in [0.1, 0.15) is 36.8 Å². The van der Waals surface area contributed by atoms with E-state index >= 15 is 0 Å². The smallest absolute Gasteiger partial charge is 0.435 e. The monoisotopic (exact) mass is 603 g/mol. The van der Waals surface area contributed by atoms with E-state index in [1.807, 2.05) is 0 Å². The van der Waals surface area contributed by atoms with Crippen LogP contribution in [0.25, 0.3) is 16.9 Å². The molecule has 0 atom stereocenters. The fraction of sp³-hybridized carbons (Fsp3) is 0.308. The lowest BCUT2D eigenvalue weighted by molar-refractivity contribution is -0.141. The van der Waals surface area contributed by atoms with Crippen molar-refractivity contribution in [1.82, 2.24) is 34.8 Å². The maximum atomic E-state index is 13.7. The highest BCUT2D eigenvalue weighted by Gasteiger charge is 2.38. The van der Waals surface area contributed by atoms with Gasteiger partial charge < -0.3 is 20.7 Å². The average molecular weight is 604 g/mol. The first kappa shape index (κ1) is 30.1. The van der Waals surface area contributed by atoms with Gasteiger partial charge >= 0.3 is 12.3 Å². The predicted molar refractivity (Wildman–Crippen MR) is 146 cm³/mol. The molecule has 3 N–H and O–H groups in total. The summed E-state index contributed by atoms with van der Waals surface area (Å²) in [7, 11) is 0. The number of fused-ring (bicyclic) bond motifs is 1. The largest absolute Gasteiger partial charge is 0.444 e. The normalized spacial score (nSPS) is 11.7. The number of aromatic nitrogens is 5. The number of anilines is 2. The Kier molecular flexibility index (Phi) is 8.57. The zero-order chi connectivity index (χ0) is 30.7. The van der Waals surface area contributed by atoms with E-state index in [0.717, 1.165) is 10.9 Å². The highest BCUT2D eigenvalue weighted by molar-refractivity contribution is 6.34. The topological polar surface area (TPSA) is 151 Å². The standard InChI is InChI=1S/C26H25ClF3N9O3/c1-25(2,3)42-24(41)34-8-7-33-23(40)16-5-4-15(12-18(16)27)36-21-22-35-13-19(39(22)11-9-32-21)17-14-38(10-6-31)37-20(17)26(28,29)30/h4-5,9,11-14H,7-8,10H2,1-3H3,(H,32,36)(H,33,40)(H,34,41). The van der Waals surface area contributed by atoms with Crippen LogP contribution in [0.15, 0.2) is 43.0 Å². The molecule has 0 bridgehead atoms. The first-order chi connectivity index (χ1) is 19.8. The molecule has 12 nitrogen and oxygen atoms in total. The average Bonchev–Trinajstić information content (AvgIpc) is 3.51. The highest BCUT2D eigenvalue weighted by atomic mass is 35.5. The highest BCUT2D eigenvalue weighted by Crippen LogP contribution is 2.37. The Morgan fingerprint density at radius 2 is 1.88 bits per heavy atom. The minimum Gasteiger partial charge on any atom is -0.444 e. The minimum absolute atomic E-state index is 0.0955. The SMILES string of the molecule is CC(C)(C)OC(=O)NCCNC(=O)c1ccc(Nc2nccn3c(-c4cn(CC#N)nc4C(F)(F)F)cnc23)cc1Cl. The molecule has 0 saturated carbocycles. The fourth-order valence-electron chi connectivity index (χ4n) is 3.84. The van der Waals surface area contributed by atoms with Gasteiger partial charge in [0.05, 0.1) is 34.1 Å². The van der Waals surface area contributed by atoms with Crippen LogP contribution < -0.4 is 16.0 Å². The molecule has 0 unspecified atom stereocenters. The van der Waals surface area contributed by atoms with E-state index < -0.39 is 29.5 Å². The molecule has 0 aliphatic rings. The van der Waals surface area contributed by atoms with Gasteiger partial charge in [0, 0.05) is 37.4 Å². The number of carbonyl (C=O) groups excluding carboxylic acids is 2. The Morgan fingerprint density at radius 1 is 1.14 bits per heavy atom. The molecule has 3 heterocycles. The number of carbonyl (C=O) groups is 2. The van der Waals surface area contributed by atoms with Gasteiger partial charge in [0.25, 0.3) is 5.91 Å². The molecular weight excluding hydrogens is 579 g/mol. The van der Waals surface area contributed by atoms with Crippen LogP contribution in [-0.2, 0) is 17.5 Å². The second-order valence-electron chi connectivity index (χ2n) is 9.86. The van der Waals surface area contributed by atoms with Crippen LogP contribution in [0.5, 0.6) is 0 Å². The number of benzene rings is 1. The molecule has 4 aromatic rings. The van der Waals surface area contributed by atoms with Crippen LogP contribution in [0.4, 0.5) is 29.5 Å². The summed E-state index contributed by atoms with van der Waals surface area (Å²) in [5, 5.41) is 20.7. The van der Waals surface area contributed by atoms with Crippen LogP contribution >= 0.6 is 11.6 Å². The number of ether oxygens (including phenoxy) is 1. The summed E-state index contributed by atoms with van der Waals surface area (Å²) in [4.78, 5) is 32.8. The lowest BCUT2D eigenvalue weighted by atomic mass is 10.2. The molecule has 0 aliphatic carbocycles. The first-order valence-corrected chi connectivity index (χ1v) is 12.8. The van der Waals surface area contributed by atoms with Crippen LogP contribution in [0.2, 0.25) is 5.02 Å². The van der Waals surface area contributed by atoms with E-state index in [4.69, 9.17) is 21.6 Å². The summed E-state index contributed by atoms with van der Waals surface area (Å²) in [5.74, 6) is -0.253. The molecule has 16 heteroatoms. The molecule has 220 valence electrons. The summed E-state index contributed by atoms with van der Waals surface area (Å²) < 4.78 is 48.5. The van der Waals surface area contributed by atoms with Gasteiger partial charge in [-0.2, -0.15) is 23.5 Å². The van der Waals surface area contributed by atoms with Crippen molar-refractivity contribution in [3.8, 4) is 17.3 Å². The third kappa shape index (κ3) is 7.07. The van der Waals surface area contributed by atoms with E-state index in [2.05, 4.69) is 31.0 Å². The molecule has 3 aromatic heterocycles. The Labute approximate surface area is 242 Å². The van der Waals surface area contributed by atoms with E-state index in [0.29, 0.717) is 5.69 Å². The maximum Gasteiger partial charge on any atom is 0.435 e. The number of hydrogen-bond acceptors (Lipinski definition) is 8. The Morgan fingerprint density at radius 3 is 2.55 bits per heavy atom. The molecule has 0 aliphatic heterocycles.